The topological polar surface area (TPSA) is 90.2 Å². The van der Waals surface area contributed by atoms with E-state index in [2.05, 4.69) is 10.6 Å². The Morgan fingerprint density at radius 1 is 0.923 bits per heavy atom. The summed E-state index contributed by atoms with van der Waals surface area (Å²) in [6.07, 6.45) is 0. The molecule has 5 nitrogen and oxygen atoms in total. The summed E-state index contributed by atoms with van der Waals surface area (Å²) >= 11 is -1.31. The predicted molar refractivity (Wildman–Crippen MR) is 104 cm³/mol. The highest BCUT2D eigenvalue weighted by Crippen LogP contribution is 2.26. The van der Waals surface area contributed by atoms with Crippen LogP contribution in [-0.2, 0) is 17.7 Å². The molecule has 3 aromatic rings. The van der Waals surface area contributed by atoms with Gasteiger partial charge in [0.1, 0.15) is 0 Å². The number of hydrogen-bond donors (Lipinski definition) is 3. The lowest BCUT2D eigenvalue weighted by atomic mass is 10.2. The number of nitrogen functional groups attached to an aromatic ring is 1. The molecule has 1 unspecified atom stereocenters. The van der Waals surface area contributed by atoms with E-state index in [-0.39, 0.29) is 6.03 Å². The molecular weight excluding hydrogens is 346 g/mol. The van der Waals surface area contributed by atoms with E-state index in [0.717, 1.165) is 5.56 Å². The predicted octanol–water partition coefficient (Wildman–Crippen LogP) is 3.76. The third-order valence-electron chi connectivity index (χ3n) is 3.74. The number of nitrogens with two attached hydrogens (primary N) is 1. The van der Waals surface area contributed by atoms with E-state index in [4.69, 9.17) is 5.73 Å². The molecule has 0 saturated carbocycles. The molecule has 132 valence electrons. The lowest BCUT2D eigenvalue weighted by Crippen LogP contribution is -2.28. The quantitative estimate of drug-likeness (QED) is 0.475. The van der Waals surface area contributed by atoms with Gasteiger partial charge in [0, 0.05) is 23.8 Å². The largest absolute Gasteiger partial charge is 0.606 e. The monoisotopic (exact) mass is 365 g/mol. The highest BCUT2D eigenvalue weighted by molar-refractivity contribution is 7.91. The molecule has 1 atom stereocenters. The summed E-state index contributed by atoms with van der Waals surface area (Å²) in [5.74, 6) is 0. The first kappa shape index (κ1) is 17.8. The molecule has 0 bridgehead atoms. The third kappa shape index (κ3) is 4.56. The average Bonchev–Trinajstić information content (AvgIpc) is 2.69. The molecule has 6 heteroatoms. The number of nitrogens with one attached hydrogen (secondary N) is 2. The van der Waals surface area contributed by atoms with Crippen LogP contribution in [0.4, 0.5) is 16.2 Å². The second-order valence-corrected chi connectivity index (χ2v) is 7.10. The molecule has 4 N–H and O–H groups in total. The van der Waals surface area contributed by atoms with E-state index >= 15 is 0 Å². The van der Waals surface area contributed by atoms with Gasteiger partial charge in [0.2, 0.25) is 0 Å². The van der Waals surface area contributed by atoms with E-state index in [0.29, 0.717) is 27.7 Å². The SMILES string of the molecule is Nc1cc([S+]([O-])c2ccccc2)ccc1NC(=O)NCc1ccccc1. The molecule has 0 aliphatic carbocycles. The van der Waals surface area contributed by atoms with Crippen molar-refractivity contribution in [3.63, 3.8) is 0 Å². The first-order chi connectivity index (χ1) is 12.6. The maximum Gasteiger partial charge on any atom is 0.319 e. The second-order valence-electron chi connectivity index (χ2n) is 5.62. The molecule has 0 spiro atoms. The van der Waals surface area contributed by atoms with Crippen LogP contribution in [0.5, 0.6) is 0 Å². The van der Waals surface area contributed by atoms with Crippen molar-refractivity contribution in [3.05, 3.63) is 84.4 Å². The molecular formula is C20H19N3O2S. The summed E-state index contributed by atoms with van der Waals surface area (Å²) in [6, 6.07) is 23.4. The van der Waals surface area contributed by atoms with Gasteiger partial charge in [-0.25, -0.2) is 4.79 Å². The zero-order valence-electron chi connectivity index (χ0n) is 14.0. The fourth-order valence-electron chi connectivity index (χ4n) is 2.39. The van der Waals surface area contributed by atoms with Crippen molar-refractivity contribution < 1.29 is 9.35 Å². The van der Waals surface area contributed by atoms with E-state index in [1.54, 1.807) is 30.3 Å². The van der Waals surface area contributed by atoms with Gasteiger partial charge in [-0.1, -0.05) is 48.5 Å². The van der Waals surface area contributed by atoms with Crippen molar-refractivity contribution in [3.8, 4) is 0 Å². The second kappa shape index (κ2) is 8.42. The van der Waals surface area contributed by atoms with Gasteiger partial charge < -0.3 is 20.9 Å². The van der Waals surface area contributed by atoms with Crippen molar-refractivity contribution in [2.45, 2.75) is 16.3 Å². The highest BCUT2D eigenvalue weighted by atomic mass is 32.2. The van der Waals surface area contributed by atoms with Crippen molar-refractivity contribution in [2.75, 3.05) is 11.1 Å². The number of hydrogen-bond acceptors (Lipinski definition) is 3. The van der Waals surface area contributed by atoms with E-state index < -0.39 is 11.2 Å². The number of urea groups is 1. The molecule has 0 aliphatic rings. The fourth-order valence-corrected chi connectivity index (χ4v) is 3.50. The summed E-state index contributed by atoms with van der Waals surface area (Å²) in [6.45, 7) is 0.419. The number of rotatable bonds is 5. The molecule has 3 aromatic carbocycles. The van der Waals surface area contributed by atoms with Gasteiger partial charge in [0.25, 0.3) is 0 Å². The summed E-state index contributed by atoms with van der Waals surface area (Å²) in [4.78, 5) is 13.3. The van der Waals surface area contributed by atoms with Crippen molar-refractivity contribution in [1.82, 2.24) is 5.32 Å². The van der Waals surface area contributed by atoms with Crippen molar-refractivity contribution in [1.29, 1.82) is 0 Å². The van der Waals surface area contributed by atoms with Gasteiger partial charge in [-0.3, -0.25) is 0 Å². The van der Waals surface area contributed by atoms with Crippen LogP contribution >= 0.6 is 0 Å². The van der Waals surface area contributed by atoms with Crippen LogP contribution in [0, 0.1) is 0 Å². The van der Waals surface area contributed by atoms with Crippen LogP contribution in [0.25, 0.3) is 0 Å². The number of amides is 2. The number of carbonyl (C=O) groups is 1. The normalized spacial score (nSPS) is 11.6. The van der Waals surface area contributed by atoms with Gasteiger partial charge in [-0.15, -0.1) is 0 Å². The molecule has 0 aliphatic heterocycles. The van der Waals surface area contributed by atoms with Crippen LogP contribution < -0.4 is 16.4 Å². The Labute approximate surface area is 155 Å². The molecule has 3 rings (SSSR count). The molecule has 2 amide bonds. The smallest absolute Gasteiger partial charge is 0.319 e. The number of anilines is 2. The number of benzene rings is 3. The Kier molecular flexibility index (Phi) is 5.78. The van der Waals surface area contributed by atoms with Gasteiger partial charge in [-0.05, 0) is 29.8 Å². The summed E-state index contributed by atoms with van der Waals surface area (Å²) < 4.78 is 12.5. The minimum atomic E-state index is -1.31. The van der Waals surface area contributed by atoms with Gasteiger partial charge in [-0.2, -0.15) is 0 Å². The van der Waals surface area contributed by atoms with Gasteiger partial charge >= 0.3 is 6.03 Å². The zero-order valence-corrected chi connectivity index (χ0v) is 14.8. The summed E-state index contributed by atoms with van der Waals surface area (Å²) in [5, 5.41) is 5.48. The van der Waals surface area contributed by atoms with Gasteiger partial charge in [0.05, 0.1) is 11.4 Å². The molecule has 0 fully saturated rings. The van der Waals surface area contributed by atoms with Gasteiger partial charge in [0.15, 0.2) is 9.79 Å². The fraction of sp³-hybridized carbons (Fsp3) is 0.0500. The lowest BCUT2D eigenvalue weighted by molar-refractivity contribution is 0.252. The minimum Gasteiger partial charge on any atom is -0.606 e. The zero-order chi connectivity index (χ0) is 18.4. The maximum absolute atomic E-state index is 12.5. The Bertz CT molecular complexity index is 873. The first-order valence-electron chi connectivity index (χ1n) is 8.08. The molecule has 0 radical (unpaired) electrons. The average molecular weight is 365 g/mol. The Morgan fingerprint density at radius 2 is 1.58 bits per heavy atom. The van der Waals surface area contributed by atoms with Crippen molar-refractivity contribution in [2.24, 2.45) is 0 Å². The molecule has 0 aromatic heterocycles. The highest BCUT2D eigenvalue weighted by Gasteiger charge is 2.16. The van der Waals surface area contributed by atoms with Crippen LogP contribution in [0.1, 0.15) is 5.56 Å². The van der Waals surface area contributed by atoms with E-state index in [1.807, 2.05) is 48.5 Å². The maximum atomic E-state index is 12.5. The Hall–Kier alpha value is -2.96. The van der Waals surface area contributed by atoms with Crippen LogP contribution in [0.3, 0.4) is 0 Å². The standard InChI is InChI=1S/C20H19N3O2S/c21-18-13-17(26(25)16-9-5-2-6-10-16)11-12-19(18)23-20(24)22-14-15-7-3-1-4-8-15/h1-13H,14,21H2,(H2,22,23,24). The molecule has 0 heterocycles. The summed E-state index contributed by atoms with van der Waals surface area (Å²) in [5.41, 5.74) is 7.86. The van der Waals surface area contributed by atoms with Crippen LogP contribution in [-0.4, -0.2) is 10.6 Å². The lowest BCUT2D eigenvalue weighted by Gasteiger charge is -2.13. The van der Waals surface area contributed by atoms with E-state index in [9.17, 15) is 9.35 Å². The number of carbonyl (C=O) groups excluding carboxylic acids is 1. The molecule has 26 heavy (non-hydrogen) atoms. The molecule has 0 saturated heterocycles. The van der Waals surface area contributed by atoms with E-state index in [1.165, 1.54) is 0 Å². The first-order valence-corrected chi connectivity index (χ1v) is 9.23. The third-order valence-corrected chi connectivity index (χ3v) is 5.12. The Balaban J connectivity index is 1.63. The minimum absolute atomic E-state index is 0.350. The summed E-state index contributed by atoms with van der Waals surface area (Å²) in [7, 11) is 0. The van der Waals surface area contributed by atoms with Crippen LogP contribution in [0.2, 0.25) is 0 Å². The Morgan fingerprint density at radius 3 is 2.23 bits per heavy atom. The van der Waals surface area contributed by atoms with Crippen LogP contribution in [0.15, 0.2) is 88.7 Å². The van der Waals surface area contributed by atoms with Crippen molar-refractivity contribution >= 4 is 28.6 Å².